The lowest BCUT2D eigenvalue weighted by Crippen LogP contribution is -2.40. The van der Waals surface area contributed by atoms with Gasteiger partial charge in [0.2, 0.25) is 0 Å². The maximum atomic E-state index is 14.2. The van der Waals surface area contributed by atoms with Gasteiger partial charge in [0.15, 0.2) is 16.3 Å². The average molecular weight is 666 g/mol. The molecular weight excluding hydrogens is 634 g/mol. The molecular formula is C37H32ClN3O5S. The first-order valence-corrected chi connectivity index (χ1v) is 16.2. The van der Waals surface area contributed by atoms with Crippen molar-refractivity contribution in [1.29, 1.82) is 0 Å². The molecule has 0 bridgehead atoms. The number of rotatable bonds is 10. The number of aromatic nitrogens is 1. The summed E-state index contributed by atoms with van der Waals surface area (Å²) in [7, 11) is 1.59. The Labute approximate surface area is 280 Å². The Hall–Kier alpha value is -5.12. The van der Waals surface area contributed by atoms with E-state index in [1.807, 2.05) is 110 Å². The zero-order valence-corrected chi connectivity index (χ0v) is 27.6. The van der Waals surface area contributed by atoms with Crippen LogP contribution in [0.25, 0.3) is 6.08 Å². The highest BCUT2D eigenvalue weighted by Gasteiger charge is 2.32. The molecule has 0 radical (unpaired) electrons. The largest absolute Gasteiger partial charge is 0.497 e. The number of benzene rings is 4. The van der Waals surface area contributed by atoms with Crippen molar-refractivity contribution in [2.75, 3.05) is 19.0 Å². The summed E-state index contributed by atoms with van der Waals surface area (Å²) in [5.41, 5.74) is 3.80. The van der Waals surface area contributed by atoms with E-state index in [0.717, 1.165) is 16.7 Å². The van der Waals surface area contributed by atoms with E-state index < -0.39 is 6.04 Å². The molecule has 2 heterocycles. The number of nitrogens with one attached hydrogen (secondary N) is 1. The lowest BCUT2D eigenvalue weighted by atomic mass is 9.95. The first-order chi connectivity index (χ1) is 22.8. The Balaban J connectivity index is 1.38. The molecule has 1 atom stereocenters. The van der Waals surface area contributed by atoms with E-state index in [4.69, 9.17) is 30.8 Å². The van der Waals surface area contributed by atoms with Crippen LogP contribution in [0.3, 0.4) is 0 Å². The smallest absolute Gasteiger partial charge is 0.271 e. The second-order valence-corrected chi connectivity index (χ2v) is 12.2. The Bertz CT molecular complexity index is 2120. The van der Waals surface area contributed by atoms with Crippen LogP contribution in [0.15, 0.2) is 118 Å². The number of carbonyl (C=O) groups is 1. The van der Waals surface area contributed by atoms with Gasteiger partial charge in [-0.05, 0) is 85.1 Å². The van der Waals surface area contributed by atoms with E-state index in [2.05, 4.69) is 5.32 Å². The van der Waals surface area contributed by atoms with Crippen molar-refractivity contribution in [2.24, 2.45) is 4.99 Å². The summed E-state index contributed by atoms with van der Waals surface area (Å²) in [4.78, 5) is 33.2. The lowest BCUT2D eigenvalue weighted by molar-refractivity contribution is -0.113. The number of carbonyl (C=O) groups excluding carboxylic acids is 1. The molecule has 0 saturated carbocycles. The fourth-order valence-electron chi connectivity index (χ4n) is 5.33. The fourth-order valence-corrected chi connectivity index (χ4v) is 6.50. The summed E-state index contributed by atoms with van der Waals surface area (Å²) in [6.45, 7) is 4.49. The minimum absolute atomic E-state index is 0.256. The SMILES string of the molecule is CCOc1cc(/C=c2/sc3n(c2=O)[C@@H](c2ccc(OC)cc2)C(C(=O)Nc2ccccc2)=C(C)N=3)ccc1OCc1ccc(Cl)cc1. The Kier molecular flexibility index (Phi) is 9.56. The van der Waals surface area contributed by atoms with E-state index in [1.54, 1.807) is 18.6 Å². The van der Waals surface area contributed by atoms with Crippen molar-refractivity contribution in [3.63, 3.8) is 0 Å². The molecule has 0 spiro atoms. The van der Waals surface area contributed by atoms with Crippen LogP contribution in [0, 0.1) is 0 Å². The molecule has 1 aliphatic rings. The van der Waals surface area contributed by atoms with E-state index in [9.17, 15) is 9.59 Å². The van der Waals surface area contributed by atoms with Gasteiger partial charge in [0.05, 0.1) is 35.6 Å². The third-order valence-electron chi connectivity index (χ3n) is 7.60. The lowest BCUT2D eigenvalue weighted by Gasteiger charge is -2.25. The molecule has 5 aromatic rings. The van der Waals surface area contributed by atoms with Crippen LogP contribution in [-0.4, -0.2) is 24.2 Å². The first-order valence-electron chi connectivity index (χ1n) is 15.0. The molecule has 1 aromatic heterocycles. The number of hydrogen-bond donors (Lipinski definition) is 1. The van der Waals surface area contributed by atoms with Crippen molar-refractivity contribution in [3.05, 3.63) is 150 Å². The second-order valence-electron chi connectivity index (χ2n) is 10.7. The van der Waals surface area contributed by atoms with Crippen LogP contribution in [0.4, 0.5) is 5.69 Å². The predicted octanol–water partition coefficient (Wildman–Crippen LogP) is 6.51. The van der Waals surface area contributed by atoms with Gasteiger partial charge in [-0.3, -0.25) is 14.2 Å². The van der Waals surface area contributed by atoms with Gasteiger partial charge in [0.25, 0.3) is 11.5 Å². The summed E-state index contributed by atoms with van der Waals surface area (Å²) in [6, 6.07) is 28.9. The highest BCUT2D eigenvalue weighted by atomic mass is 35.5. The number of amides is 1. The third kappa shape index (κ3) is 7.01. The maximum absolute atomic E-state index is 14.2. The Morgan fingerprint density at radius 3 is 2.43 bits per heavy atom. The van der Waals surface area contributed by atoms with Gasteiger partial charge < -0.3 is 19.5 Å². The molecule has 0 aliphatic carbocycles. The highest BCUT2D eigenvalue weighted by molar-refractivity contribution is 7.07. The maximum Gasteiger partial charge on any atom is 0.271 e. The van der Waals surface area contributed by atoms with Gasteiger partial charge in [-0.25, -0.2) is 4.99 Å². The number of hydrogen-bond acceptors (Lipinski definition) is 7. The molecule has 0 unspecified atom stereocenters. The van der Waals surface area contributed by atoms with Gasteiger partial charge in [-0.15, -0.1) is 0 Å². The molecule has 1 aliphatic heterocycles. The standard InChI is InChI=1S/C37H32ClN3O5S/c1-4-45-31-20-25(12-19-30(31)46-22-24-10-15-27(38)16-11-24)21-32-36(43)41-34(26-13-17-29(44-3)18-14-26)33(23(2)39-37(41)47-32)35(42)40-28-8-6-5-7-9-28/h5-21,34H,4,22H2,1-3H3,(H,40,42)/b32-21+/t34-/m0/s1. The van der Waals surface area contributed by atoms with Gasteiger partial charge in [-0.1, -0.05) is 71.5 Å². The minimum atomic E-state index is -0.703. The molecule has 238 valence electrons. The molecule has 8 nitrogen and oxygen atoms in total. The van der Waals surface area contributed by atoms with Gasteiger partial charge >= 0.3 is 0 Å². The molecule has 6 rings (SSSR count). The highest BCUT2D eigenvalue weighted by Crippen LogP contribution is 2.32. The Morgan fingerprint density at radius 1 is 0.979 bits per heavy atom. The number of nitrogens with zero attached hydrogens (tertiary/aromatic N) is 2. The molecule has 10 heteroatoms. The first kappa shape index (κ1) is 31.8. The molecule has 0 fully saturated rings. The van der Waals surface area contributed by atoms with Crippen molar-refractivity contribution < 1.29 is 19.0 Å². The fraction of sp³-hybridized carbons (Fsp3) is 0.162. The van der Waals surface area contributed by atoms with Crippen LogP contribution < -0.4 is 34.4 Å². The number of ether oxygens (including phenoxy) is 3. The van der Waals surface area contributed by atoms with E-state index in [-0.39, 0.29) is 11.5 Å². The van der Waals surface area contributed by atoms with Gasteiger partial charge in [-0.2, -0.15) is 0 Å². The van der Waals surface area contributed by atoms with E-state index in [1.165, 1.54) is 11.3 Å². The average Bonchev–Trinajstić information content (AvgIpc) is 3.38. The van der Waals surface area contributed by atoms with Crippen LogP contribution in [0.2, 0.25) is 5.02 Å². The third-order valence-corrected chi connectivity index (χ3v) is 8.84. The topological polar surface area (TPSA) is 91.2 Å². The summed E-state index contributed by atoms with van der Waals surface area (Å²) in [5, 5.41) is 3.64. The Morgan fingerprint density at radius 2 is 1.72 bits per heavy atom. The number of halogens is 1. The summed E-state index contributed by atoms with van der Waals surface area (Å²) in [6.07, 6.45) is 1.81. The van der Waals surface area contributed by atoms with Crippen LogP contribution in [0.1, 0.15) is 36.6 Å². The number of thiazole rings is 1. The minimum Gasteiger partial charge on any atom is -0.497 e. The van der Waals surface area contributed by atoms with Gasteiger partial charge in [0.1, 0.15) is 12.4 Å². The summed E-state index contributed by atoms with van der Waals surface area (Å²) in [5.74, 6) is 1.49. The molecule has 4 aromatic carbocycles. The summed E-state index contributed by atoms with van der Waals surface area (Å²) >= 11 is 7.29. The number of allylic oxidation sites excluding steroid dienone is 1. The number of anilines is 1. The van der Waals surface area contributed by atoms with Crippen molar-refractivity contribution in [1.82, 2.24) is 4.57 Å². The van der Waals surface area contributed by atoms with Crippen molar-refractivity contribution >= 4 is 40.6 Å². The van der Waals surface area contributed by atoms with E-state index >= 15 is 0 Å². The predicted molar refractivity (Wildman–Crippen MR) is 185 cm³/mol. The summed E-state index contributed by atoms with van der Waals surface area (Å²) < 4.78 is 19.4. The second kappa shape index (κ2) is 14.1. The molecule has 0 saturated heterocycles. The van der Waals surface area contributed by atoms with Crippen LogP contribution in [0.5, 0.6) is 17.2 Å². The molecule has 1 amide bonds. The molecule has 1 N–H and O–H groups in total. The van der Waals surface area contributed by atoms with Crippen molar-refractivity contribution in [2.45, 2.75) is 26.5 Å². The van der Waals surface area contributed by atoms with Crippen LogP contribution >= 0.6 is 22.9 Å². The quantitative estimate of drug-likeness (QED) is 0.184. The van der Waals surface area contributed by atoms with Gasteiger partial charge in [0, 0.05) is 10.7 Å². The monoisotopic (exact) mass is 665 g/mol. The number of methoxy groups -OCH3 is 1. The number of para-hydroxylation sites is 1. The van der Waals surface area contributed by atoms with Crippen molar-refractivity contribution in [3.8, 4) is 17.2 Å². The number of fused-ring (bicyclic) bond motifs is 1. The van der Waals surface area contributed by atoms with E-state index in [0.29, 0.717) is 61.8 Å². The zero-order chi connectivity index (χ0) is 32.9. The zero-order valence-electron chi connectivity index (χ0n) is 26.0. The molecule has 47 heavy (non-hydrogen) atoms. The van der Waals surface area contributed by atoms with Crippen LogP contribution in [-0.2, 0) is 11.4 Å². The normalized spacial score (nSPS) is 14.3.